The third-order valence-corrected chi connectivity index (χ3v) is 4.68. The first-order valence-electron chi connectivity index (χ1n) is 8.68. The van der Waals surface area contributed by atoms with Crippen LogP contribution in [-0.4, -0.2) is 36.9 Å². The number of carbonyl (C=O) groups is 2. The van der Waals surface area contributed by atoms with Crippen molar-refractivity contribution >= 4 is 17.5 Å². The Balaban J connectivity index is 1.58. The molecule has 142 valence electrons. The molecule has 7 heteroatoms. The van der Waals surface area contributed by atoms with E-state index in [-0.39, 0.29) is 23.3 Å². The molecular formula is C20H20F2N2O3. The highest BCUT2D eigenvalue weighted by Crippen LogP contribution is 2.26. The Labute approximate surface area is 155 Å². The average Bonchev–Trinajstić information content (AvgIpc) is 2.70. The first kappa shape index (κ1) is 18.8. The lowest BCUT2D eigenvalue weighted by Gasteiger charge is -2.31. The number of hydrogen-bond donors (Lipinski definition) is 1. The molecule has 27 heavy (non-hydrogen) atoms. The number of amides is 2. The number of halogens is 2. The van der Waals surface area contributed by atoms with Crippen molar-refractivity contribution in [2.24, 2.45) is 5.92 Å². The fourth-order valence-electron chi connectivity index (χ4n) is 3.14. The van der Waals surface area contributed by atoms with Crippen molar-refractivity contribution in [2.75, 3.05) is 25.5 Å². The Bertz CT molecular complexity index is 849. The fourth-order valence-corrected chi connectivity index (χ4v) is 3.14. The minimum Gasteiger partial charge on any atom is -0.495 e. The van der Waals surface area contributed by atoms with E-state index in [1.807, 2.05) is 6.07 Å². The number of hydrogen-bond acceptors (Lipinski definition) is 3. The lowest BCUT2D eigenvalue weighted by Crippen LogP contribution is -2.41. The third kappa shape index (κ3) is 4.24. The minimum absolute atomic E-state index is 0.103. The van der Waals surface area contributed by atoms with E-state index in [1.54, 1.807) is 23.1 Å². The summed E-state index contributed by atoms with van der Waals surface area (Å²) >= 11 is 0. The molecule has 0 unspecified atom stereocenters. The SMILES string of the molecule is COc1ccccc1NC(=O)C1CCN(C(=O)c2ccc(F)c(F)c2)CC1. The largest absolute Gasteiger partial charge is 0.495 e. The molecular weight excluding hydrogens is 354 g/mol. The molecule has 0 bridgehead atoms. The molecule has 2 amide bonds. The van der Waals surface area contributed by atoms with E-state index in [4.69, 9.17) is 4.74 Å². The number of carbonyl (C=O) groups excluding carboxylic acids is 2. The maximum atomic E-state index is 13.3. The van der Waals surface area contributed by atoms with E-state index in [0.717, 1.165) is 12.1 Å². The van der Waals surface area contributed by atoms with Gasteiger partial charge in [-0.05, 0) is 43.2 Å². The van der Waals surface area contributed by atoms with Crippen LogP contribution in [0.25, 0.3) is 0 Å². The van der Waals surface area contributed by atoms with Gasteiger partial charge < -0.3 is 15.0 Å². The van der Waals surface area contributed by atoms with Crippen molar-refractivity contribution in [3.63, 3.8) is 0 Å². The van der Waals surface area contributed by atoms with Crippen LogP contribution in [0, 0.1) is 17.6 Å². The zero-order valence-electron chi connectivity index (χ0n) is 14.9. The van der Waals surface area contributed by atoms with E-state index >= 15 is 0 Å². The van der Waals surface area contributed by atoms with Crippen molar-refractivity contribution in [1.82, 2.24) is 4.90 Å². The van der Waals surface area contributed by atoms with Gasteiger partial charge in [0.15, 0.2) is 11.6 Å². The predicted molar refractivity (Wildman–Crippen MR) is 96.6 cm³/mol. The molecule has 0 radical (unpaired) electrons. The second kappa shape index (κ2) is 8.16. The van der Waals surface area contributed by atoms with Gasteiger partial charge in [-0.2, -0.15) is 0 Å². The van der Waals surface area contributed by atoms with Crippen LogP contribution in [0.4, 0.5) is 14.5 Å². The van der Waals surface area contributed by atoms with E-state index in [0.29, 0.717) is 37.4 Å². The van der Waals surface area contributed by atoms with Crippen LogP contribution in [0.3, 0.4) is 0 Å². The quantitative estimate of drug-likeness (QED) is 0.892. The monoisotopic (exact) mass is 374 g/mol. The zero-order valence-corrected chi connectivity index (χ0v) is 14.9. The minimum atomic E-state index is -1.05. The number of benzene rings is 2. The normalized spacial score (nSPS) is 14.7. The van der Waals surface area contributed by atoms with Crippen molar-refractivity contribution < 1.29 is 23.1 Å². The molecule has 5 nitrogen and oxygen atoms in total. The summed E-state index contributed by atoms with van der Waals surface area (Å²) < 4.78 is 31.6. The summed E-state index contributed by atoms with van der Waals surface area (Å²) in [5.74, 6) is -2.18. The summed E-state index contributed by atoms with van der Waals surface area (Å²) in [7, 11) is 1.54. The van der Waals surface area contributed by atoms with Crippen LogP contribution in [0.1, 0.15) is 23.2 Å². The number of likely N-dealkylation sites (tertiary alicyclic amines) is 1. The van der Waals surface area contributed by atoms with Crippen molar-refractivity contribution in [3.05, 3.63) is 59.7 Å². The Morgan fingerprint density at radius 1 is 1.07 bits per heavy atom. The topological polar surface area (TPSA) is 58.6 Å². The maximum Gasteiger partial charge on any atom is 0.253 e. The van der Waals surface area contributed by atoms with Gasteiger partial charge in [0.05, 0.1) is 12.8 Å². The second-order valence-corrected chi connectivity index (χ2v) is 6.38. The number of methoxy groups -OCH3 is 1. The average molecular weight is 374 g/mol. The molecule has 1 fully saturated rings. The van der Waals surface area contributed by atoms with Crippen LogP contribution in [-0.2, 0) is 4.79 Å². The highest BCUT2D eigenvalue weighted by molar-refractivity contribution is 5.96. The Hall–Kier alpha value is -2.96. The lowest BCUT2D eigenvalue weighted by molar-refractivity contribution is -0.121. The first-order chi connectivity index (χ1) is 13.0. The standard InChI is InChI=1S/C20H20F2N2O3/c1-27-18-5-3-2-4-17(18)23-19(25)13-8-10-24(11-9-13)20(26)14-6-7-15(21)16(22)12-14/h2-7,12-13H,8-11H2,1H3,(H,23,25). The van der Waals surface area contributed by atoms with Crippen molar-refractivity contribution in [2.45, 2.75) is 12.8 Å². The highest BCUT2D eigenvalue weighted by atomic mass is 19.2. The molecule has 1 saturated heterocycles. The second-order valence-electron chi connectivity index (χ2n) is 6.38. The van der Waals surface area contributed by atoms with Gasteiger partial charge in [-0.15, -0.1) is 0 Å². The first-order valence-corrected chi connectivity index (χ1v) is 8.68. The Morgan fingerprint density at radius 3 is 2.44 bits per heavy atom. The fraction of sp³-hybridized carbons (Fsp3) is 0.300. The summed E-state index contributed by atoms with van der Waals surface area (Å²) in [6, 6.07) is 10.3. The van der Waals surface area contributed by atoms with Crippen LogP contribution in [0.15, 0.2) is 42.5 Å². The van der Waals surface area contributed by atoms with Crippen molar-refractivity contribution in [1.29, 1.82) is 0 Å². The molecule has 0 saturated carbocycles. The van der Waals surface area contributed by atoms with Crippen LogP contribution >= 0.6 is 0 Å². The summed E-state index contributed by atoms with van der Waals surface area (Å²) in [6.45, 7) is 0.754. The molecule has 2 aromatic carbocycles. The molecule has 0 spiro atoms. The summed E-state index contributed by atoms with van der Waals surface area (Å²) in [4.78, 5) is 26.5. The Kier molecular flexibility index (Phi) is 5.69. The molecule has 0 aromatic heterocycles. The smallest absolute Gasteiger partial charge is 0.253 e. The zero-order chi connectivity index (χ0) is 19.4. The molecule has 3 rings (SSSR count). The number of para-hydroxylation sites is 2. The van der Waals surface area contributed by atoms with Gasteiger partial charge in [0.1, 0.15) is 5.75 Å². The lowest BCUT2D eigenvalue weighted by atomic mass is 9.95. The maximum absolute atomic E-state index is 13.3. The number of nitrogens with zero attached hydrogens (tertiary/aromatic N) is 1. The van der Waals surface area contributed by atoms with E-state index < -0.39 is 11.6 Å². The summed E-state index contributed by atoms with van der Waals surface area (Å²) in [6.07, 6.45) is 0.993. The van der Waals surface area contributed by atoms with Gasteiger partial charge in [0, 0.05) is 24.6 Å². The Morgan fingerprint density at radius 2 is 1.78 bits per heavy atom. The van der Waals surface area contributed by atoms with Gasteiger partial charge >= 0.3 is 0 Å². The molecule has 0 atom stereocenters. The molecule has 0 aliphatic carbocycles. The van der Waals surface area contributed by atoms with Crippen molar-refractivity contribution in [3.8, 4) is 5.75 Å². The van der Waals surface area contributed by atoms with Crippen LogP contribution < -0.4 is 10.1 Å². The van der Waals surface area contributed by atoms with Crippen LogP contribution in [0.2, 0.25) is 0 Å². The molecule has 1 aliphatic heterocycles. The van der Waals surface area contributed by atoms with Crippen LogP contribution in [0.5, 0.6) is 5.75 Å². The van der Waals surface area contributed by atoms with Gasteiger partial charge in [0.25, 0.3) is 5.91 Å². The summed E-state index contributed by atoms with van der Waals surface area (Å²) in [5, 5.41) is 2.86. The molecule has 1 heterocycles. The third-order valence-electron chi connectivity index (χ3n) is 4.68. The molecule has 1 aliphatic rings. The van der Waals surface area contributed by atoms with Gasteiger partial charge in [-0.25, -0.2) is 8.78 Å². The van der Waals surface area contributed by atoms with E-state index in [9.17, 15) is 18.4 Å². The number of nitrogens with one attached hydrogen (secondary N) is 1. The number of ether oxygens (including phenoxy) is 1. The highest BCUT2D eigenvalue weighted by Gasteiger charge is 2.28. The number of anilines is 1. The van der Waals surface area contributed by atoms with E-state index in [2.05, 4.69) is 5.32 Å². The van der Waals surface area contributed by atoms with E-state index in [1.165, 1.54) is 13.2 Å². The molecule has 2 aromatic rings. The van der Waals surface area contributed by atoms with Gasteiger partial charge in [-0.1, -0.05) is 12.1 Å². The van der Waals surface area contributed by atoms with Gasteiger partial charge in [-0.3, -0.25) is 9.59 Å². The predicted octanol–water partition coefficient (Wildman–Crippen LogP) is 3.46. The number of piperidine rings is 1. The van der Waals surface area contributed by atoms with Gasteiger partial charge in [0.2, 0.25) is 5.91 Å². The summed E-state index contributed by atoms with van der Waals surface area (Å²) in [5.41, 5.74) is 0.705. The number of rotatable bonds is 4. The molecule has 1 N–H and O–H groups in total.